The number of nitrogens with two attached hydrogens (primary N) is 1. The van der Waals surface area contributed by atoms with Gasteiger partial charge < -0.3 is 11.1 Å². The van der Waals surface area contributed by atoms with Crippen LogP contribution in [0.5, 0.6) is 0 Å². The Balaban J connectivity index is 1.85. The van der Waals surface area contributed by atoms with Gasteiger partial charge in [0.1, 0.15) is 5.69 Å². The van der Waals surface area contributed by atoms with Gasteiger partial charge in [0.25, 0.3) is 5.91 Å². The second-order valence-electron chi connectivity index (χ2n) is 6.46. The molecule has 140 valence electrons. The number of benzene rings is 1. The number of halogens is 1. The Morgan fingerprint density at radius 1 is 1.37 bits per heavy atom. The van der Waals surface area contributed by atoms with Gasteiger partial charge in [0, 0.05) is 18.4 Å². The molecule has 1 unspecified atom stereocenters. The van der Waals surface area contributed by atoms with E-state index in [9.17, 15) is 9.59 Å². The fourth-order valence-electron chi connectivity index (χ4n) is 3.01. The highest BCUT2D eigenvalue weighted by atomic mass is 35.5. The van der Waals surface area contributed by atoms with Crippen molar-refractivity contribution in [2.75, 3.05) is 11.9 Å². The number of amides is 2. The number of carbonyl (C=O) groups is 2. The molecular formula is C19H20ClN5O2. The van der Waals surface area contributed by atoms with Crippen LogP contribution in [-0.2, 0) is 10.3 Å². The lowest BCUT2D eigenvalue weighted by Crippen LogP contribution is -2.49. The van der Waals surface area contributed by atoms with Gasteiger partial charge in [-0.3, -0.25) is 14.5 Å². The summed E-state index contributed by atoms with van der Waals surface area (Å²) in [4.78, 5) is 34.7. The van der Waals surface area contributed by atoms with Gasteiger partial charge in [0.05, 0.1) is 17.0 Å². The van der Waals surface area contributed by atoms with E-state index in [0.717, 1.165) is 5.56 Å². The summed E-state index contributed by atoms with van der Waals surface area (Å²) in [7, 11) is 0. The molecule has 3 rings (SSSR count). The van der Waals surface area contributed by atoms with Gasteiger partial charge in [-0.1, -0.05) is 23.7 Å². The van der Waals surface area contributed by atoms with Crippen molar-refractivity contribution in [3.05, 3.63) is 58.9 Å². The van der Waals surface area contributed by atoms with Crippen molar-refractivity contribution in [2.24, 2.45) is 10.7 Å². The summed E-state index contributed by atoms with van der Waals surface area (Å²) in [5.41, 5.74) is 6.80. The number of aliphatic imine (C=N–C) groups is 1. The monoisotopic (exact) mass is 385 g/mol. The van der Waals surface area contributed by atoms with Crippen molar-refractivity contribution < 1.29 is 9.59 Å². The van der Waals surface area contributed by atoms with E-state index in [0.29, 0.717) is 17.3 Å². The minimum atomic E-state index is -0.786. The van der Waals surface area contributed by atoms with Crippen molar-refractivity contribution in [3.8, 4) is 0 Å². The van der Waals surface area contributed by atoms with Gasteiger partial charge in [-0.05, 0) is 43.7 Å². The van der Waals surface area contributed by atoms with Crippen molar-refractivity contribution >= 4 is 35.1 Å². The summed E-state index contributed by atoms with van der Waals surface area (Å²) in [6.07, 6.45) is 1.62. The molecule has 0 saturated heterocycles. The second kappa shape index (κ2) is 7.36. The molecule has 1 aliphatic rings. The van der Waals surface area contributed by atoms with Crippen LogP contribution in [0.3, 0.4) is 0 Å². The Bertz CT molecular complexity index is 913. The van der Waals surface area contributed by atoms with E-state index in [1.165, 1.54) is 11.1 Å². The molecule has 2 heterocycles. The van der Waals surface area contributed by atoms with E-state index in [4.69, 9.17) is 17.3 Å². The Morgan fingerprint density at radius 2 is 2.15 bits per heavy atom. The van der Waals surface area contributed by atoms with E-state index < -0.39 is 5.54 Å². The van der Waals surface area contributed by atoms with Crippen LogP contribution >= 0.6 is 11.6 Å². The first-order valence-electron chi connectivity index (χ1n) is 8.51. The van der Waals surface area contributed by atoms with E-state index in [1.54, 1.807) is 30.3 Å². The van der Waals surface area contributed by atoms with Gasteiger partial charge in [-0.15, -0.1) is 0 Å². The Labute approximate surface area is 162 Å². The molecule has 2 amide bonds. The summed E-state index contributed by atoms with van der Waals surface area (Å²) in [5.74, 6) is -0.225. The molecule has 3 N–H and O–H groups in total. The van der Waals surface area contributed by atoms with E-state index in [1.807, 2.05) is 19.9 Å². The van der Waals surface area contributed by atoms with Crippen LogP contribution in [-0.4, -0.2) is 34.2 Å². The summed E-state index contributed by atoms with van der Waals surface area (Å²) in [6.45, 7) is 4.19. The first-order valence-corrected chi connectivity index (χ1v) is 8.89. The summed E-state index contributed by atoms with van der Waals surface area (Å²) in [5, 5.41) is 3.26. The molecule has 1 atom stereocenters. The van der Waals surface area contributed by atoms with Gasteiger partial charge in [0.15, 0.2) is 5.96 Å². The summed E-state index contributed by atoms with van der Waals surface area (Å²) < 4.78 is 0. The molecule has 0 saturated carbocycles. The van der Waals surface area contributed by atoms with Crippen molar-refractivity contribution in [1.29, 1.82) is 0 Å². The van der Waals surface area contributed by atoms with Crippen LogP contribution in [0.2, 0.25) is 5.02 Å². The standard InChI is InChI=1S/C19H20ClN5O2/c1-3-25-16(26)10-19(2,24-18(25)21)12-5-4-6-14(9-12)23-17(27)15-8-7-13(20)11-22-15/h4-9,11H,3,10H2,1-2H3,(H2,21,24)(H,23,27). The number of aromatic nitrogens is 1. The smallest absolute Gasteiger partial charge is 0.274 e. The molecule has 2 aromatic rings. The normalized spacial score (nSPS) is 19.6. The predicted molar refractivity (Wildman–Crippen MR) is 105 cm³/mol. The minimum absolute atomic E-state index is 0.0766. The van der Waals surface area contributed by atoms with Gasteiger partial charge >= 0.3 is 0 Å². The highest BCUT2D eigenvalue weighted by Crippen LogP contribution is 2.34. The zero-order chi connectivity index (χ0) is 19.6. The molecule has 0 spiro atoms. The summed E-state index contributed by atoms with van der Waals surface area (Å²) in [6, 6.07) is 10.4. The Morgan fingerprint density at radius 3 is 2.78 bits per heavy atom. The van der Waals surface area contributed by atoms with E-state index in [-0.39, 0.29) is 29.9 Å². The van der Waals surface area contributed by atoms with E-state index >= 15 is 0 Å². The van der Waals surface area contributed by atoms with Gasteiger partial charge in [0.2, 0.25) is 5.91 Å². The largest absolute Gasteiger partial charge is 0.369 e. The third-order valence-corrected chi connectivity index (χ3v) is 4.68. The maximum absolute atomic E-state index is 12.4. The van der Waals surface area contributed by atoms with Crippen molar-refractivity contribution in [2.45, 2.75) is 25.8 Å². The quantitative estimate of drug-likeness (QED) is 0.844. The average Bonchev–Trinajstić information content (AvgIpc) is 2.62. The first-order chi connectivity index (χ1) is 12.8. The third kappa shape index (κ3) is 3.93. The maximum atomic E-state index is 12.4. The van der Waals surface area contributed by atoms with Crippen LogP contribution in [0.15, 0.2) is 47.6 Å². The molecule has 1 aliphatic heterocycles. The molecule has 0 bridgehead atoms. The fourth-order valence-corrected chi connectivity index (χ4v) is 3.12. The number of nitrogens with zero attached hydrogens (tertiary/aromatic N) is 3. The molecule has 1 aromatic heterocycles. The Hall–Kier alpha value is -2.93. The van der Waals surface area contributed by atoms with Crippen LogP contribution in [0, 0.1) is 0 Å². The number of nitrogens with one attached hydrogen (secondary N) is 1. The zero-order valence-electron chi connectivity index (χ0n) is 15.1. The highest BCUT2D eigenvalue weighted by molar-refractivity contribution is 6.30. The fraction of sp³-hybridized carbons (Fsp3) is 0.263. The maximum Gasteiger partial charge on any atom is 0.274 e. The van der Waals surface area contributed by atoms with E-state index in [2.05, 4.69) is 15.3 Å². The summed E-state index contributed by atoms with van der Waals surface area (Å²) >= 11 is 5.80. The average molecular weight is 386 g/mol. The number of pyridine rings is 1. The molecule has 8 heteroatoms. The molecule has 0 fully saturated rings. The SMILES string of the molecule is CCN1C(=O)CC(C)(c2cccc(NC(=O)c3ccc(Cl)cn3)c2)N=C1N. The number of rotatable bonds is 4. The minimum Gasteiger partial charge on any atom is -0.369 e. The first kappa shape index (κ1) is 18.8. The lowest BCUT2D eigenvalue weighted by Gasteiger charge is -2.35. The van der Waals surface area contributed by atoms with Crippen LogP contribution in [0.25, 0.3) is 0 Å². The lowest BCUT2D eigenvalue weighted by molar-refractivity contribution is -0.129. The van der Waals surface area contributed by atoms with Crippen LogP contribution in [0.1, 0.15) is 36.3 Å². The number of hydrogen-bond acceptors (Lipinski definition) is 5. The number of anilines is 1. The predicted octanol–water partition coefficient (Wildman–Crippen LogP) is 2.77. The molecule has 7 nitrogen and oxygen atoms in total. The molecule has 27 heavy (non-hydrogen) atoms. The van der Waals surface area contributed by atoms with Gasteiger partial charge in [-0.2, -0.15) is 0 Å². The Kier molecular flexibility index (Phi) is 5.14. The molecular weight excluding hydrogens is 366 g/mol. The highest BCUT2D eigenvalue weighted by Gasteiger charge is 2.37. The molecule has 0 aliphatic carbocycles. The number of guanidine groups is 1. The van der Waals surface area contributed by atoms with Crippen molar-refractivity contribution in [1.82, 2.24) is 9.88 Å². The zero-order valence-corrected chi connectivity index (χ0v) is 15.8. The van der Waals surface area contributed by atoms with Gasteiger partial charge in [-0.25, -0.2) is 9.98 Å². The molecule has 0 radical (unpaired) electrons. The van der Waals surface area contributed by atoms with Crippen molar-refractivity contribution in [3.63, 3.8) is 0 Å². The second-order valence-corrected chi connectivity index (χ2v) is 6.89. The lowest BCUT2D eigenvalue weighted by atomic mass is 9.87. The van der Waals surface area contributed by atoms with Crippen LogP contribution in [0.4, 0.5) is 5.69 Å². The third-order valence-electron chi connectivity index (χ3n) is 4.45. The number of hydrogen-bond donors (Lipinski definition) is 2. The van der Waals surface area contributed by atoms with Crippen LogP contribution < -0.4 is 11.1 Å². The number of carbonyl (C=O) groups excluding carboxylic acids is 2. The molecule has 1 aromatic carbocycles. The topological polar surface area (TPSA) is 101 Å².